The van der Waals surface area contributed by atoms with Crippen molar-refractivity contribution in [3.05, 3.63) is 40.9 Å². The van der Waals surface area contributed by atoms with Gasteiger partial charge in [-0.2, -0.15) is 0 Å². The van der Waals surface area contributed by atoms with Gasteiger partial charge >= 0.3 is 0 Å². The lowest BCUT2D eigenvalue weighted by Gasteiger charge is -2.19. The molecule has 2 aromatic rings. The van der Waals surface area contributed by atoms with Gasteiger partial charge in [0.25, 0.3) is 0 Å². The van der Waals surface area contributed by atoms with Crippen LogP contribution in [0, 0.1) is 0 Å². The molecule has 1 aromatic heterocycles. The van der Waals surface area contributed by atoms with Crippen LogP contribution >= 0.6 is 11.5 Å². The van der Waals surface area contributed by atoms with Crippen molar-refractivity contribution in [1.29, 1.82) is 0 Å². The molecule has 2 rings (SSSR count). The molecular weight excluding hydrogens is 248 g/mol. The summed E-state index contributed by atoms with van der Waals surface area (Å²) in [5, 5.41) is 3.84. The first-order chi connectivity index (χ1) is 8.72. The lowest BCUT2D eigenvalue weighted by Crippen LogP contribution is -2.28. The molecule has 0 bridgehead atoms. The van der Waals surface area contributed by atoms with E-state index in [-0.39, 0.29) is 12.1 Å². The monoisotopic (exact) mass is 264 g/mol. The fourth-order valence-electron chi connectivity index (χ4n) is 1.71. The summed E-state index contributed by atoms with van der Waals surface area (Å²) in [6.07, 6.45) is 1.82. The molecule has 3 N–H and O–H groups in total. The molecule has 6 heteroatoms. The van der Waals surface area contributed by atoms with E-state index in [4.69, 9.17) is 10.6 Å². The molecule has 1 unspecified atom stereocenters. The van der Waals surface area contributed by atoms with E-state index in [1.165, 1.54) is 11.5 Å². The summed E-state index contributed by atoms with van der Waals surface area (Å²) in [5.41, 5.74) is 3.77. The number of nitrogens with one attached hydrogen (secondary N) is 1. The van der Waals surface area contributed by atoms with E-state index in [2.05, 4.69) is 15.0 Å². The summed E-state index contributed by atoms with van der Waals surface area (Å²) in [7, 11) is 0. The quantitative estimate of drug-likeness (QED) is 0.637. The highest BCUT2D eigenvalue weighted by molar-refractivity contribution is 7.05. The maximum Gasteiger partial charge on any atom is 0.124 e. The van der Waals surface area contributed by atoms with Gasteiger partial charge in [0, 0.05) is 5.56 Å². The molecule has 0 aliphatic carbocycles. The molecule has 0 radical (unpaired) electrons. The third kappa shape index (κ3) is 2.84. The molecule has 1 heterocycles. The van der Waals surface area contributed by atoms with Crippen molar-refractivity contribution >= 4 is 11.5 Å². The Kier molecular flexibility index (Phi) is 4.24. The Labute approximate surface area is 110 Å². The summed E-state index contributed by atoms with van der Waals surface area (Å²) in [4.78, 5) is 0.956. The first-order valence-electron chi connectivity index (χ1n) is 5.71. The Balaban J connectivity index is 2.36. The zero-order valence-corrected chi connectivity index (χ0v) is 11.1. The maximum absolute atomic E-state index is 5.79. The normalized spacial score (nSPS) is 12.7. The highest BCUT2D eigenvalue weighted by Crippen LogP contribution is 2.31. The van der Waals surface area contributed by atoms with Crippen LogP contribution in [0.3, 0.4) is 0 Å². The van der Waals surface area contributed by atoms with Gasteiger partial charge in [0.2, 0.25) is 0 Å². The molecule has 96 valence electrons. The van der Waals surface area contributed by atoms with Gasteiger partial charge in [-0.15, -0.1) is 5.10 Å². The van der Waals surface area contributed by atoms with Gasteiger partial charge in [0.05, 0.1) is 23.2 Å². The van der Waals surface area contributed by atoms with Gasteiger partial charge in [-0.25, -0.2) is 5.43 Å². The number of aromatic nitrogens is 2. The van der Waals surface area contributed by atoms with E-state index in [9.17, 15) is 0 Å². The van der Waals surface area contributed by atoms with Crippen LogP contribution in [-0.2, 0) is 0 Å². The second-order valence-electron chi connectivity index (χ2n) is 4.12. The van der Waals surface area contributed by atoms with Gasteiger partial charge in [-0.3, -0.25) is 5.84 Å². The molecule has 0 saturated carbocycles. The molecule has 0 aliphatic heterocycles. The van der Waals surface area contributed by atoms with Crippen molar-refractivity contribution in [1.82, 2.24) is 15.0 Å². The molecular formula is C12H16N4OS. The van der Waals surface area contributed by atoms with E-state index in [1.807, 2.05) is 38.1 Å². The average molecular weight is 264 g/mol. The summed E-state index contributed by atoms with van der Waals surface area (Å²) < 4.78 is 9.66. The van der Waals surface area contributed by atoms with Crippen LogP contribution in [0.5, 0.6) is 5.75 Å². The minimum Gasteiger partial charge on any atom is -0.491 e. The number of nitrogens with zero attached hydrogens (tertiary/aromatic N) is 2. The van der Waals surface area contributed by atoms with Crippen LogP contribution in [-0.4, -0.2) is 15.7 Å². The highest BCUT2D eigenvalue weighted by Gasteiger charge is 2.19. The third-order valence-electron chi connectivity index (χ3n) is 2.42. The third-order valence-corrected chi connectivity index (χ3v) is 3.15. The van der Waals surface area contributed by atoms with Crippen molar-refractivity contribution in [3.8, 4) is 5.75 Å². The van der Waals surface area contributed by atoms with E-state index >= 15 is 0 Å². The van der Waals surface area contributed by atoms with Crippen molar-refractivity contribution in [2.75, 3.05) is 0 Å². The van der Waals surface area contributed by atoms with Crippen molar-refractivity contribution in [2.24, 2.45) is 5.84 Å². The van der Waals surface area contributed by atoms with Gasteiger partial charge in [0.15, 0.2) is 0 Å². The Morgan fingerprint density at radius 2 is 2.11 bits per heavy atom. The smallest absolute Gasteiger partial charge is 0.124 e. The predicted octanol–water partition coefficient (Wildman–Crippen LogP) is 1.88. The minimum atomic E-state index is -0.153. The topological polar surface area (TPSA) is 73.1 Å². The van der Waals surface area contributed by atoms with Gasteiger partial charge in [0.1, 0.15) is 5.75 Å². The number of rotatable bonds is 5. The Morgan fingerprint density at radius 3 is 2.72 bits per heavy atom. The number of nitrogens with two attached hydrogens (primary N) is 1. The maximum atomic E-state index is 5.79. The number of para-hydroxylation sites is 1. The van der Waals surface area contributed by atoms with E-state index in [0.717, 1.165) is 16.2 Å². The molecule has 1 aromatic carbocycles. The molecule has 1 atom stereocenters. The Hall–Kier alpha value is -1.50. The lowest BCUT2D eigenvalue weighted by molar-refractivity contribution is 0.238. The van der Waals surface area contributed by atoms with Crippen LogP contribution in [0.15, 0.2) is 30.5 Å². The van der Waals surface area contributed by atoms with Crippen LogP contribution in [0.25, 0.3) is 0 Å². The molecule has 5 nitrogen and oxygen atoms in total. The fraction of sp³-hybridized carbons (Fsp3) is 0.333. The molecule has 0 amide bonds. The van der Waals surface area contributed by atoms with Crippen molar-refractivity contribution in [2.45, 2.75) is 26.0 Å². The van der Waals surface area contributed by atoms with Crippen LogP contribution < -0.4 is 16.0 Å². The number of ether oxygens (including phenoxy) is 1. The number of hydrazine groups is 1. The first-order valence-corrected chi connectivity index (χ1v) is 6.48. The largest absolute Gasteiger partial charge is 0.491 e. The van der Waals surface area contributed by atoms with Crippen LogP contribution in [0.2, 0.25) is 0 Å². The van der Waals surface area contributed by atoms with Crippen molar-refractivity contribution < 1.29 is 4.74 Å². The predicted molar refractivity (Wildman–Crippen MR) is 71.3 cm³/mol. The van der Waals surface area contributed by atoms with Crippen LogP contribution in [0.4, 0.5) is 0 Å². The lowest BCUT2D eigenvalue weighted by atomic mass is 10.1. The van der Waals surface area contributed by atoms with Crippen molar-refractivity contribution in [3.63, 3.8) is 0 Å². The Morgan fingerprint density at radius 1 is 1.33 bits per heavy atom. The second kappa shape index (κ2) is 5.90. The summed E-state index contributed by atoms with van der Waals surface area (Å²) >= 11 is 1.32. The van der Waals surface area contributed by atoms with Gasteiger partial charge in [-0.05, 0) is 31.4 Å². The van der Waals surface area contributed by atoms with E-state index in [0.29, 0.717) is 0 Å². The molecule has 0 fully saturated rings. The van der Waals surface area contributed by atoms with Gasteiger partial charge in [-0.1, -0.05) is 22.7 Å². The molecule has 18 heavy (non-hydrogen) atoms. The van der Waals surface area contributed by atoms with Gasteiger partial charge < -0.3 is 4.74 Å². The zero-order chi connectivity index (χ0) is 13.0. The summed E-state index contributed by atoms with van der Waals surface area (Å²) in [5.74, 6) is 6.46. The SMILES string of the molecule is CC(C)Oc1ccccc1C(NN)c1cnns1. The fourth-order valence-corrected chi connectivity index (χ4v) is 2.29. The second-order valence-corrected chi connectivity index (χ2v) is 4.94. The zero-order valence-electron chi connectivity index (χ0n) is 10.3. The van der Waals surface area contributed by atoms with E-state index in [1.54, 1.807) is 6.20 Å². The molecule has 0 spiro atoms. The molecule has 0 saturated heterocycles. The van der Waals surface area contributed by atoms with E-state index < -0.39 is 0 Å². The number of benzene rings is 1. The summed E-state index contributed by atoms with van der Waals surface area (Å²) in [6, 6.07) is 7.68. The van der Waals surface area contributed by atoms with Crippen LogP contribution in [0.1, 0.15) is 30.3 Å². The first kappa shape index (κ1) is 12.9. The number of hydrogen-bond donors (Lipinski definition) is 2. The Bertz CT molecular complexity index is 487. The molecule has 0 aliphatic rings. The average Bonchev–Trinajstić information content (AvgIpc) is 2.85. The standard InChI is InChI=1S/C12H16N4OS/c1-8(2)17-10-6-4-3-5-9(10)12(15-13)11-7-14-16-18-11/h3-8,12,15H,13H2,1-2H3. The minimum absolute atomic E-state index is 0.115. The summed E-state index contributed by atoms with van der Waals surface area (Å²) in [6.45, 7) is 3.99. The number of hydrogen-bond acceptors (Lipinski definition) is 6. The highest BCUT2D eigenvalue weighted by atomic mass is 32.1.